The van der Waals surface area contributed by atoms with E-state index in [-0.39, 0.29) is 36.4 Å². The van der Waals surface area contributed by atoms with Crippen molar-refractivity contribution in [1.82, 2.24) is 9.80 Å². The second-order valence-electron chi connectivity index (χ2n) is 15.4. The van der Waals surface area contributed by atoms with Crippen LogP contribution in [0.25, 0.3) is 0 Å². The van der Waals surface area contributed by atoms with Gasteiger partial charge in [0.25, 0.3) is 5.91 Å². The third kappa shape index (κ3) is 7.51. The zero-order valence-electron chi connectivity index (χ0n) is 32.8. The van der Waals surface area contributed by atoms with Crippen LogP contribution in [-0.4, -0.2) is 81.3 Å². The Labute approximate surface area is 325 Å². The molecule has 1 fully saturated rings. The van der Waals surface area contributed by atoms with Gasteiger partial charge in [0.05, 0.1) is 27.4 Å². The lowest BCUT2D eigenvalue weighted by atomic mass is 9.72. The van der Waals surface area contributed by atoms with Gasteiger partial charge in [-0.3, -0.25) is 9.69 Å². The van der Waals surface area contributed by atoms with Gasteiger partial charge in [-0.25, -0.2) is 0 Å². The highest BCUT2D eigenvalue weighted by Gasteiger charge is 2.44. The van der Waals surface area contributed by atoms with E-state index in [0.29, 0.717) is 37.2 Å². The molecule has 0 aliphatic carbocycles. The molecule has 1 saturated heterocycles. The number of amides is 1. The molecule has 1 aromatic heterocycles. The Morgan fingerprint density at radius 2 is 1.70 bits per heavy atom. The van der Waals surface area contributed by atoms with Gasteiger partial charge in [0, 0.05) is 50.7 Å². The normalized spacial score (nSPS) is 26.5. The first-order chi connectivity index (χ1) is 26.3. The Kier molecular flexibility index (Phi) is 12.2. The van der Waals surface area contributed by atoms with Gasteiger partial charge in [-0.05, 0) is 139 Å². The number of rotatable bonds is 13. The summed E-state index contributed by atoms with van der Waals surface area (Å²) in [5, 5.41) is 14.0. The Bertz CT molecular complexity index is 1790. The molecular weight excluding hydrogens is 701 g/mol. The molecule has 9 nitrogen and oxygen atoms in total. The second-order valence-corrected chi connectivity index (χ2v) is 16.2. The summed E-state index contributed by atoms with van der Waals surface area (Å²) in [5.74, 6) is 3.58. The molecule has 7 atom stereocenters. The number of allylic oxidation sites excluding steroid dienone is 1. The zero-order valence-corrected chi connectivity index (χ0v) is 33.7. The van der Waals surface area contributed by atoms with Gasteiger partial charge in [0.2, 0.25) is 6.29 Å². The fourth-order valence-corrected chi connectivity index (χ4v) is 10.6. The van der Waals surface area contributed by atoms with E-state index in [2.05, 4.69) is 64.7 Å². The first kappa shape index (κ1) is 38.7. The van der Waals surface area contributed by atoms with Crippen LogP contribution in [0.5, 0.6) is 17.2 Å². The lowest BCUT2D eigenvalue weighted by molar-refractivity contribution is -0.171. The van der Waals surface area contributed by atoms with Crippen molar-refractivity contribution in [3.05, 3.63) is 86.3 Å². The molecule has 54 heavy (non-hydrogen) atoms. The van der Waals surface area contributed by atoms with E-state index >= 15 is 4.79 Å². The quantitative estimate of drug-likeness (QED) is 0.188. The van der Waals surface area contributed by atoms with Gasteiger partial charge in [-0.15, -0.1) is 0 Å². The number of hydrogen-bond acceptors (Lipinski definition) is 9. The van der Waals surface area contributed by atoms with Gasteiger partial charge < -0.3 is 33.7 Å². The van der Waals surface area contributed by atoms with Crippen molar-refractivity contribution < 1.29 is 33.6 Å². The lowest BCUT2D eigenvalue weighted by Gasteiger charge is -2.49. The van der Waals surface area contributed by atoms with Crippen molar-refractivity contribution in [2.24, 2.45) is 17.8 Å². The smallest absolute Gasteiger partial charge is 0.289 e. The number of aliphatic hydroxyl groups excluding tert-OH is 1. The van der Waals surface area contributed by atoms with Crippen LogP contribution in [0.1, 0.15) is 97.3 Å². The molecule has 1 amide bonds. The maximum atomic E-state index is 15.1. The highest BCUT2D eigenvalue weighted by atomic mass is 32.1. The fourth-order valence-electron chi connectivity index (χ4n) is 9.85. The number of methoxy groups -OCH3 is 3. The van der Waals surface area contributed by atoms with E-state index in [4.69, 9.17) is 23.7 Å². The van der Waals surface area contributed by atoms with E-state index < -0.39 is 6.29 Å². The molecule has 292 valence electrons. The van der Waals surface area contributed by atoms with Gasteiger partial charge in [0.1, 0.15) is 5.75 Å². The number of piperidine rings is 1. The predicted octanol–water partition coefficient (Wildman–Crippen LogP) is 7.99. The van der Waals surface area contributed by atoms with Gasteiger partial charge >= 0.3 is 0 Å². The first-order valence-electron chi connectivity index (χ1n) is 19.9. The van der Waals surface area contributed by atoms with E-state index in [9.17, 15) is 5.11 Å². The number of benzene rings is 2. The number of aryl methyl sites for hydroxylation is 1. The highest BCUT2D eigenvalue weighted by molar-refractivity contribution is 7.08. The van der Waals surface area contributed by atoms with Crippen LogP contribution in [0.15, 0.2) is 52.9 Å². The third-order valence-electron chi connectivity index (χ3n) is 12.7. The Morgan fingerprint density at radius 3 is 2.41 bits per heavy atom. The molecule has 7 rings (SSSR count). The third-order valence-corrected chi connectivity index (χ3v) is 13.4. The SMILES string of the molecule is CCO[C@@H]1OC(C(=O)N2CCc3cc(OC)c(C)cc3[C@H]2C[C@H]2C[C@H]3c4cc(OC)c(OC)cc4CCN3C[C@@H]2CC)=C[C@H](c2ccsc2)[C@H]1CCCO. The van der Waals surface area contributed by atoms with Gasteiger partial charge in [-0.2, -0.15) is 11.3 Å². The maximum Gasteiger partial charge on any atom is 0.289 e. The van der Waals surface area contributed by atoms with Crippen LogP contribution >= 0.6 is 11.3 Å². The molecule has 4 aliphatic heterocycles. The second kappa shape index (κ2) is 17.1. The number of hydrogen-bond donors (Lipinski definition) is 1. The summed E-state index contributed by atoms with van der Waals surface area (Å²) in [5.41, 5.74) is 7.38. The number of ether oxygens (including phenoxy) is 5. The van der Waals surface area contributed by atoms with Crippen molar-refractivity contribution >= 4 is 17.2 Å². The summed E-state index contributed by atoms with van der Waals surface area (Å²) in [4.78, 5) is 19.8. The maximum absolute atomic E-state index is 15.1. The van der Waals surface area contributed by atoms with Crippen molar-refractivity contribution in [3.63, 3.8) is 0 Å². The minimum atomic E-state index is -0.576. The van der Waals surface area contributed by atoms with Gasteiger partial charge in [0.15, 0.2) is 17.3 Å². The van der Waals surface area contributed by atoms with Crippen molar-refractivity contribution in [2.45, 2.75) is 90.0 Å². The number of nitrogens with zero attached hydrogens (tertiary/aromatic N) is 2. The number of carbonyl (C=O) groups excluding carboxylic acids is 1. The topological polar surface area (TPSA) is 89.9 Å². The van der Waals surface area contributed by atoms with E-state index in [1.54, 1.807) is 32.7 Å². The zero-order chi connectivity index (χ0) is 37.9. The minimum Gasteiger partial charge on any atom is -0.496 e. The van der Waals surface area contributed by atoms with Crippen LogP contribution < -0.4 is 14.2 Å². The summed E-state index contributed by atoms with van der Waals surface area (Å²) >= 11 is 1.65. The van der Waals surface area contributed by atoms with Crippen LogP contribution in [0.4, 0.5) is 0 Å². The van der Waals surface area contributed by atoms with Crippen molar-refractivity contribution in [2.75, 3.05) is 54.2 Å². The van der Waals surface area contributed by atoms with Gasteiger partial charge in [-0.1, -0.05) is 19.4 Å². The highest BCUT2D eigenvalue weighted by Crippen LogP contribution is 2.49. The Balaban J connectivity index is 1.25. The average molecular weight is 759 g/mol. The summed E-state index contributed by atoms with van der Waals surface area (Å²) in [6.45, 7) is 9.63. The monoisotopic (exact) mass is 758 g/mol. The number of carbonyl (C=O) groups is 1. The summed E-state index contributed by atoms with van der Waals surface area (Å²) in [6, 6.07) is 11.1. The average Bonchev–Trinajstić information content (AvgIpc) is 3.74. The molecule has 5 heterocycles. The fraction of sp³-hybridized carbons (Fsp3) is 0.568. The number of fused-ring (bicyclic) bond motifs is 4. The molecule has 0 bridgehead atoms. The van der Waals surface area contributed by atoms with Crippen LogP contribution in [0, 0.1) is 24.7 Å². The predicted molar refractivity (Wildman–Crippen MR) is 211 cm³/mol. The number of aliphatic hydroxyl groups is 1. The van der Waals surface area contributed by atoms with Crippen LogP contribution in [0.3, 0.4) is 0 Å². The summed E-state index contributed by atoms with van der Waals surface area (Å²) in [6.07, 6.45) is 7.56. The summed E-state index contributed by atoms with van der Waals surface area (Å²) in [7, 11) is 5.15. The molecular formula is C44H58N2O7S. The largest absolute Gasteiger partial charge is 0.496 e. The molecule has 4 aliphatic rings. The Hall–Kier alpha value is -3.57. The molecule has 0 radical (unpaired) electrons. The standard InChI is InChI=1S/C44H58N2O7S/c1-7-28-25-45-14-11-29-22-40(50-5)41(51-6)24-36(29)37(45)19-32(28)20-38-35-18-27(3)39(49-4)21-30(35)12-15-46(38)43(48)42-23-34(31-13-17-54-26-31)33(10-9-16-47)44(53-42)52-8-2/h13,17-18,21-24,26,28,32-34,37-38,44,47H,7-12,14-16,19-20,25H2,1-6H3/t28-,32+,33+,34+,37-,38+,44+/m0/s1. The molecule has 10 heteroatoms. The van der Waals surface area contributed by atoms with Crippen molar-refractivity contribution in [3.8, 4) is 17.2 Å². The van der Waals surface area contributed by atoms with E-state index in [0.717, 1.165) is 80.0 Å². The molecule has 0 unspecified atom stereocenters. The molecule has 0 spiro atoms. The van der Waals surface area contributed by atoms with Crippen LogP contribution in [-0.2, 0) is 27.1 Å². The number of thiophene rings is 1. The van der Waals surface area contributed by atoms with E-state index in [1.807, 2.05) is 13.0 Å². The minimum absolute atomic E-state index is 0.0105. The molecule has 1 N–H and O–H groups in total. The first-order valence-corrected chi connectivity index (χ1v) is 20.9. The lowest BCUT2D eigenvalue weighted by Crippen LogP contribution is -2.48. The summed E-state index contributed by atoms with van der Waals surface area (Å²) < 4.78 is 30.1. The Morgan fingerprint density at radius 1 is 0.963 bits per heavy atom. The molecule has 3 aromatic rings. The van der Waals surface area contributed by atoms with Crippen LogP contribution in [0.2, 0.25) is 0 Å². The van der Waals surface area contributed by atoms with E-state index in [1.165, 1.54) is 22.3 Å². The molecule has 0 saturated carbocycles. The molecule has 2 aromatic carbocycles. The van der Waals surface area contributed by atoms with Crippen molar-refractivity contribution in [1.29, 1.82) is 0 Å².